The Morgan fingerprint density at radius 1 is 1.00 bits per heavy atom. The van der Waals surface area contributed by atoms with Gasteiger partial charge < -0.3 is 0 Å². The highest BCUT2D eigenvalue weighted by atomic mass is 35.5. The van der Waals surface area contributed by atoms with Crippen LogP contribution in [0.15, 0.2) is 48.5 Å². The molecule has 1 fully saturated rings. The lowest BCUT2D eigenvalue weighted by atomic mass is 10.1. The van der Waals surface area contributed by atoms with Crippen molar-refractivity contribution in [3.63, 3.8) is 0 Å². The van der Waals surface area contributed by atoms with Crippen LogP contribution in [0.1, 0.15) is 5.56 Å². The lowest BCUT2D eigenvalue weighted by Gasteiger charge is -2.33. The molecular weight excluding hydrogens is 414 g/mol. The lowest BCUT2D eigenvalue weighted by Crippen LogP contribution is -2.46. The first-order valence-electron chi connectivity index (χ1n) is 9.96. The van der Waals surface area contributed by atoms with E-state index in [1.165, 1.54) is 5.56 Å². The van der Waals surface area contributed by atoms with E-state index in [-0.39, 0.29) is 0 Å². The smallest absolute Gasteiger partial charge is 0.204 e. The van der Waals surface area contributed by atoms with Gasteiger partial charge in [-0.1, -0.05) is 47.4 Å². The Morgan fingerprint density at radius 3 is 2.27 bits per heavy atom. The maximum Gasteiger partial charge on any atom is 0.204 e. The van der Waals surface area contributed by atoms with Gasteiger partial charge >= 0.3 is 0 Å². The fourth-order valence-electron chi connectivity index (χ4n) is 3.62. The average Bonchev–Trinajstić information content (AvgIpc) is 3.07. The number of benzene rings is 2. The number of rotatable bonds is 5. The molecule has 1 aliphatic rings. The van der Waals surface area contributed by atoms with E-state index in [4.69, 9.17) is 35.3 Å². The number of hydrogen-bond acceptors (Lipinski definition) is 4. The normalized spacial score (nSPS) is 15.2. The number of aromatic nitrogens is 3. The standard InChI is InChI=1S/C23H24ClN5S/c1-3-12-26-13-15-27(16-14-26)17-28-23(30)29(21-10-8-20(24)9-11-21)22(25-28)19-6-4-18(2)5-7-19/h1,4-11H,12-17H2,2H3. The molecule has 0 atom stereocenters. The molecule has 4 rings (SSSR count). The molecule has 3 aromatic rings. The summed E-state index contributed by atoms with van der Waals surface area (Å²) in [5.74, 6) is 3.55. The number of hydrogen-bond donors (Lipinski definition) is 0. The number of piperazine rings is 1. The summed E-state index contributed by atoms with van der Waals surface area (Å²) >= 11 is 12.0. The molecule has 30 heavy (non-hydrogen) atoms. The molecule has 0 bridgehead atoms. The second kappa shape index (κ2) is 9.15. The van der Waals surface area contributed by atoms with E-state index in [9.17, 15) is 0 Å². The van der Waals surface area contributed by atoms with Gasteiger partial charge in [0.25, 0.3) is 0 Å². The van der Waals surface area contributed by atoms with Crippen molar-refractivity contribution >= 4 is 23.8 Å². The van der Waals surface area contributed by atoms with Gasteiger partial charge in [0, 0.05) is 36.8 Å². The molecule has 5 nitrogen and oxygen atoms in total. The topological polar surface area (TPSA) is 29.2 Å². The van der Waals surface area contributed by atoms with Crippen molar-refractivity contribution in [2.75, 3.05) is 32.7 Å². The molecule has 0 saturated carbocycles. The summed E-state index contributed by atoms with van der Waals surface area (Å²) in [6, 6.07) is 16.0. The monoisotopic (exact) mass is 437 g/mol. The first-order chi connectivity index (χ1) is 14.5. The zero-order valence-corrected chi connectivity index (χ0v) is 18.5. The van der Waals surface area contributed by atoms with E-state index in [0.29, 0.717) is 23.0 Å². The van der Waals surface area contributed by atoms with E-state index in [0.717, 1.165) is 43.3 Å². The Kier molecular flexibility index (Phi) is 6.35. The minimum absolute atomic E-state index is 0.655. The Labute approximate surface area is 187 Å². The molecule has 7 heteroatoms. The second-order valence-corrected chi connectivity index (χ2v) is 8.32. The van der Waals surface area contributed by atoms with E-state index < -0.39 is 0 Å². The van der Waals surface area contributed by atoms with E-state index in [2.05, 4.69) is 46.9 Å². The minimum Gasteiger partial charge on any atom is -0.290 e. The van der Waals surface area contributed by atoms with Crippen molar-refractivity contribution in [2.24, 2.45) is 0 Å². The maximum absolute atomic E-state index is 6.10. The largest absolute Gasteiger partial charge is 0.290 e. The Balaban J connectivity index is 1.68. The van der Waals surface area contributed by atoms with Gasteiger partial charge in [0.05, 0.1) is 18.9 Å². The molecule has 0 amide bonds. The molecular formula is C23H24ClN5S. The third-order valence-electron chi connectivity index (χ3n) is 5.35. The van der Waals surface area contributed by atoms with E-state index in [1.807, 2.05) is 33.5 Å². The van der Waals surface area contributed by atoms with Gasteiger partial charge in [0.15, 0.2) is 5.82 Å². The van der Waals surface area contributed by atoms with Crippen molar-refractivity contribution in [1.29, 1.82) is 0 Å². The second-order valence-electron chi connectivity index (χ2n) is 7.52. The van der Waals surface area contributed by atoms with Gasteiger partial charge in [-0.3, -0.25) is 14.4 Å². The summed E-state index contributed by atoms with van der Waals surface area (Å²) in [4.78, 5) is 4.65. The quantitative estimate of drug-likeness (QED) is 0.441. The molecule has 154 valence electrons. The van der Waals surface area contributed by atoms with Gasteiger partial charge in [-0.15, -0.1) is 11.5 Å². The summed E-state index contributed by atoms with van der Waals surface area (Å²) in [6.07, 6.45) is 5.44. The van der Waals surface area contributed by atoms with Gasteiger partial charge in [0.1, 0.15) is 0 Å². The van der Waals surface area contributed by atoms with Crippen LogP contribution in [0.4, 0.5) is 0 Å². The zero-order chi connectivity index (χ0) is 21.1. The van der Waals surface area contributed by atoms with E-state index >= 15 is 0 Å². The molecule has 1 saturated heterocycles. The Hall–Kier alpha value is -2.43. The summed E-state index contributed by atoms with van der Waals surface area (Å²) in [5, 5.41) is 5.61. The highest BCUT2D eigenvalue weighted by molar-refractivity contribution is 7.71. The number of nitrogens with zero attached hydrogens (tertiary/aromatic N) is 5. The third-order valence-corrected chi connectivity index (χ3v) is 5.99. The van der Waals surface area contributed by atoms with Crippen molar-refractivity contribution in [3.8, 4) is 29.4 Å². The number of aryl methyl sites for hydroxylation is 1. The molecule has 0 N–H and O–H groups in total. The predicted octanol–water partition coefficient (Wildman–Crippen LogP) is 4.24. The maximum atomic E-state index is 6.10. The van der Waals surface area contributed by atoms with Crippen molar-refractivity contribution in [1.82, 2.24) is 24.1 Å². The molecule has 0 unspecified atom stereocenters. The Bertz CT molecular complexity index is 1100. The van der Waals surface area contributed by atoms with Gasteiger partial charge in [0.2, 0.25) is 4.77 Å². The van der Waals surface area contributed by atoms with E-state index in [1.54, 1.807) is 0 Å². The number of halogens is 1. The fraction of sp³-hybridized carbons (Fsp3) is 0.304. The van der Waals surface area contributed by atoms with Crippen molar-refractivity contribution < 1.29 is 0 Å². The summed E-state index contributed by atoms with van der Waals surface area (Å²) in [6.45, 7) is 7.24. The van der Waals surface area contributed by atoms with Crippen LogP contribution in [0.25, 0.3) is 17.1 Å². The summed E-state index contributed by atoms with van der Waals surface area (Å²) in [5.41, 5.74) is 3.18. The fourth-order valence-corrected chi connectivity index (χ4v) is 4.04. The first-order valence-corrected chi connectivity index (χ1v) is 10.7. The van der Waals surface area contributed by atoms with Crippen LogP contribution in [0.5, 0.6) is 0 Å². The van der Waals surface area contributed by atoms with Gasteiger partial charge in [-0.25, -0.2) is 4.68 Å². The molecule has 2 heterocycles. The molecule has 0 aliphatic carbocycles. The third kappa shape index (κ3) is 4.50. The predicted molar refractivity (Wildman–Crippen MR) is 124 cm³/mol. The summed E-state index contributed by atoms with van der Waals surface area (Å²) in [7, 11) is 0. The van der Waals surface area contributed by atoms with Crippen molar-refractivity contribution in [2.45, 2.75) is 13.6 Å². The van der Waals surface area contributed by atoms with Gasteiger partial charge in [-0.05, 0) is 43.4 Å². The van der Waals surface area contributed by atoms with Crippen LogP contribution in [0, 0.1) is 24.0 Å². The van der Waals surface area contributed by atoms with Crippen molar-refractivity contribution in [3.05, 3.63) is 63.9 Å². The summed E-state index contributed by atoms with van der Waals surface area (Å²) < 4.78 is 4.60. The number of terminal acetylenes is 1. The average molecular weight is 438 g/mol. The SMILES string of the molecule is C#CCN1CCN(Cn2nc(-c3ccc(C)cc3)n(-c3ccc(Cl)cc3)c2=S)CC1. The van der Waals surface area contributed by atoms with Crippen LogP contribution >= 0.6 is 23.8 Å². The highest BCUT2D eigenvalue weighted by Crippen LogP contribution is 2.24. The first kappa shape index (κ1) is 20.8. The molecule has 0 spiro atoms. The molecule has 1 aliphatic heterocycles. The molecule has 1 aromatic heterocycles. The molecule has 2 aromatic carbocycles. The van der Waals surface area contributed by atoms with Crippen LogP contribution in [-0.2, 0) is 6.67 Å². The van der Waals surface area contributed by atoms with Crippen LogP contribution in [0.3, 0.4) is 0 Å². The minimum atomic E-state index is 0.655. The highest BCUT2D eigenvalue weighted by Gasteiger charge is 2.20. The van der Waals surface area contributed by atoms with Gasteiger partial charge in [-0.2, -0.15) is 0 Å². The molecule has 0 radical (unpaired) electrons. The zero-order valence-electron chi connectivity index (χ0n) is 17.0. The van der Waals surface area contributed by atoms with Crippen LogP contribution in [0.2, 0.25) is 5.02 Å². The van der Waals surface area contributed by atoms with Crippen LogP contribution < -0.4 is 0 Å². The Morgan fingerprint density at radius 2 is 1.63 bits per heavy atom. The lowest BCUT2D eigenvalue weighted by molar-refractivity contribution is 0.111. The van der Waals surface area contributed by atoms with Crippen LogP contribution in [-0.4, -0.2) is 56.9 Å².